The third kappa shape index (κ3) is 6.25. The van der Waals surface area contributed by atoms with E-state index in [2.05, 4.69) is 5.32 Å². The highest BCUT2D eigenvalue weighted by Gasteiger charge is 2.34. The van der Waals surface area contributed by atoms with Crippen molar-refractivity contribution >= 4 is 18.0 Å². The van der Waals surface area contributed by atoms with Crippen molar-refractivity contribution in [1.82, 2.24) is 5.32 Å². The summed E-state index contributed by atoms with van der Waals surface area (Å²) in [5, 5.41) is 11.4. The molecule has 0 bridgehead atoms. The lowest BCUT2D eigenvalue weighted by Crippen LogP contribution is -2.55. The summed E-state index contributed by atoms with van der Waals surface area (Å²) in [5.41, 5.74) is 11.0. The van der Waals surface area contributed by atoms with Gasteiger partial charge in [0.15, 0.2) is 0 Å². The SMILES string of the molecule is CC(C)c1cccc(C(C)C)c1OC(=O)NCC[C@](N)(CC(=O)O)C(N)=O. The van der Waals surface area contributed by atoms with E-state index in [0.29, 0.717) is 5.75 Å². The van der Waals surface area contributed by atoms with E-state index in [9.17, 15) is 14.4 Å². The number of carboxylic acid groups (broad SMARTS) is 1. The number of aliphatic carboxylic acids is 1. The first-order chi connectivity index (χ1) is 12.5. The van der Waals surface area contributed by atoms with Crippen molar-refractivity contribution in [3.05, 3.63) is 29.3 Å². The van der Waals surface area contributed by atoms with Crippen molar-refractivity contribution in [1.29, 1.82) is 0 Å². The van der Waals surface area contributed by atoms with Crippen LogP contribution in [0.4, 0.5) is 4.79 Å². The van der Waals surface area contributed by atoms with E-state index in [0.717, 1.165) is 11.1 Å². The van der Waals surface area contributed by atoms with Gasteiger partial charge >= 0.3 is 12.1 Å². The first-order valence-electron chi connectivity index (χ1n) is 8.87. The molecule has 6 N–H and O–H groups in total. The van der Waals surface area contributed by atoms with Gasteiger partial charge in [0.25, 0.3) is 0 Å². The van der Waals surface area contributed by atoms with E-state index in [1.54, 1.807) is 0 Å². The second kappa shape index (κ2) is 9.36. The normalized spacial score (nSPS) is 13.3. The summed E-state index contributed by atoms with van der Waals surface area (Å²) in [6.45, 7) is 7.97. The quantitative estimate of drug-likeness (QED) is 0.517. The summed E-state index contributed by atoms with van der Waals surface area (Å²) in [7, 11) is 0. The van der Waals surface area contributed by atoms with Crippen LogP contribution in [0.15, 0.2) is 18.2 Å². The predicted octanol–water partition coefficient (Wildman–Crippen LogP) is 2.07. The lowest BCUT2D eigenvalue weighted by molar-refractivity contribution is -0.141. The minimum Gasteiger partial charge on any atom is -0.481 e. The number of hydrogen-bond acceptors (Lipinski definition) is 5. The maximum atomic E-state index is 12.2. The molecule has 0 saturated carbocycles. The highest BCUT2D eigenvalue weighted by molar-refractivity contribution is 5.89. The van der Waals surface area contributed by atoms with Gasteiger partial charge in [-0.05, 0) is 29.4 Å². The van der Waals surface area contributed by atoms with E-state index in [1.165, 1.54) is 0 Å². The average Bonchev–Trinajstić information content (AvgIpc) is 2.53. The Labute approximate surface area is 159 Å². The number of hydrogen-bond donors (Lipinski definition) is 4. The van der Waals surface area contributed by atoms with Crippen LogP contribution in [-0.4, -0.2) is 35.2 Å². The second-order valence-electron chi connectivity index (χ2n) is 7.23. The molecule has 1 aromatic carbocycles. The molecule has 1 aromatic rings. The number of rotatable bonds is 9. The molecule has 0 radical (unpaired) electrons. The fourth-order valence-electron chi connectivity index (χ4n) is 2.69. The van der Waals surface area contributed by atoms with Gasteiger partial charge in [-0.25, -0.2) is 4.79 Å². The van der Waals surface area contributed by atoms with Gasteiger partial charge in [-0.3, -0.25) is 9.59 Å². The van der Waals surface area contributed by atoms with Crippen molar-refractivity contribution in [3.63, 3.8) is 0 Å². The van der Waals surface area contributed by atoms with E-state index in [-0.39, 0.29) is 24.8 Å². The van der Waals surface area contributed by atoms with E-state index >= 15 is 0 Å². The molecule has 0 aliphatic heterocycles. The Hall–Kier alpha value is -2.61. The average molecular weight is 379 g/mol. The number of carbonyl (C=O) groups excluding carboxylic acids is 2. The van der Waals surface area contributed by atoms with Crippen LogP contribution in [0.1, 0.15) is 63.5 Å². The Morgan fingerprint density at radius 1 is 1.15 bits per heavy atom. The molecule has 8 heteroatoms. The molecular weight excluding hydrogens is 350 g/mol. The smallest absolute Gasteiger partial charge is 0.412 e. The van der Waals surface area contributed by atoms with Crippen LogP contribution in [0.2, 0.25) is 0 Å². The second-order valence-corrected chi connectivity index (χ2v) is 7.23. The van der Waals surface area contributed by atoms with Gasteiger partial charge in [0.2, 0.25) is 5.91 Å². The molecule has 1 rings (SSSR count). The van der Waals surface area contributed by atoms with E-state index in [1.807, 2.05) is 45.9 Å². The highest BCUT2D eigenvalue weighted by atomic mass is 16.6. The molecule has 0 aliphatic rings. The Balaban J connectivity index is 2.83. The summed E-state index contributed by atoms with van der Waals surface area (Å²) in [6, 6.07) is 5.74. The maximum absolute atomic E-state index is 12.2. The standard InChI is InChI=1S/C19H29N3O5/c1-11(2)13-6-5-7-14(12(3)4)16(13)27-18(26)22-9-8-19(21,17(20)25)10-15(23)24/h5-7,11-12H,8-10,21H2,1-4H3,(H2,20,25)(H,22,26)(H,23,24)/t19-/m0/s1. The lowest BCUT2D eigenvalue weighted by atomic mass is 9.91. The van der Waals surface area contributed by atoms with Crippen LogP contribution < -0.4 is 21.5 Å². The Morgan fingerprint density at radius 3 is 2.07 bits per heavy atom. The molecule has 0 unspecified atom stereocenters. The molecule has 1 atom stereocenters. The van der Waals surface area contributed by atoms with Gasteiger partial charge < -0.3 is 26.6 Å². The summed E-state index contributed by atoms with van der Waals surface area (Å²) in [6.07, 6.45) is -1.44. The number of carboxylic acids is 1. The number of ether oxygens (including phenoxy) is 1. The monoisotopic (exact) mass is 379 g/mol. The van der Waals surface area contributed by atoms with Gasteiger partial charge in [-0.15, -0.1) is 0 Å². The largest absolute Gasteiger partial charge is 0.481 e. The van der Waals surface area contributed by atoms with Crippen LogP contribution in [0.5, 0.6) is 5.75 Å². The van der Waals surface area contributed by atoms with E-state index < -0.39 is 29.9 Å². The number of carbonyl (C=O) groups is 3. The fraction of sp³-hybridized carbons (Fsp3) is 0.526. The Morgan fingerprint density at radius 2 is 1.67 bits per heavy atom. The number of amides is 2. The van der Waals surface area contributed by atoms with Gasteiger partial charge in [-0.2, -0.15) is 0 Å². The zero-order valence-electron chi connectivity index (χ0n) is 16.2. The van der Waals surface area contributed by atoms with Crippen molar-refractivity contribution in [2.45, 2.75) is 57.9 Å². The van der Waals surface area contributed by atoms with Gasteiger partial charge in [0.05, 0.1) is 6.42 Å². The third-order valence-electron chi connectivity index (χ3n) is 4.31. The first kappa shape index (κ1) is 22.4. The Bertz CT molecular complexity index is 676. The van der Waals surface area contributed by atoms with Crippen molar-refractivity contribution in [2.24, 2.45) is 11.5 Å². The summed E-state index contributed by atoms with van der Waals surface area (Å²) in [4.78, 5) is 34.5. The van der Waals surface area contributed by atoms with Crippen LogP contribution in [-0.2, 0) is 9.59 Å². The molecule has 8 nitrogen and oxygen atoms in total. The highest BCUT2D eigenvalue weighted by Crippen LogP contribution is 2.34. The molecule has 0 saturated heterocycles. The molecule has 2 amide bonds. The predicted molar refractivity (Wildman–Crippen MR) is 102 cm³/mol. The molecule has 0 fully saturated rings. The van der Waals surface area contributed by atoms with Crippen LogP contribution in [0.3, 0.4) is 0 Å². The van der Waals surface area contributed by atoms with Crippen LogP contribution >= 0.6 is 0 Å². The zero-order chi connectivity index (χ0) is 20.8. The third-order valence-corrected chi connectivity index (χ3v) is 4.31. The van der Waals surface area contributed by atoms with Gasteiger partial charge in [0.1, 0.15) is 11.3 Å². The zero-order valence-corrected chi connectivity index (χ0v) is 16.2. The molecule has 150 valence electrons. The first-order valence-corrected chi connectivity index (χ1v) is 8.87. The van der Waals surface area contributed by atoms with Crippen molar-refractivity contribution in [2.75, 3.05) is 6.54 Å². The molecule has 0 aliphatic carbocycles. The van der Waals surface area contributed by atoms with Gasteiger partial charge in [-0.1, -0.05) is 45.9 Å². The van der Waals surface area contributed by atoms with E-state index in [4.69, 9.17) is 21.3 Å². The fourth-order valence-corrected chi connectivity index (χ4v) is 2.69. The number of nitrogens with two attached hydrogens (primary N) is 2. The lowest BCUT2D eigenvalue weighted by Gasteiger charge is -2.24. The molecule has 27 heavy (non-hydrogen) atoms. The summed E-state index contributed by atoms with van der Waals surface area (Å²) in [5.74, 6) is -1.35. The number of benzene rings is 1. The minimum atomic E-state index is -1.74. The minimum absolute atomic E-state index is 0.0492. The van der Waals surface area contributed by atoms with Crippen LogP contribution in [0, 0.1) is 0 Å². The molecule has 0 aromatic heterocycles. The number of para-hydroxylation sites is 1. The van der Waals surface area contributed by atoms with Crippen molar-refractivity contribution < 1.29 is 24.2 Å². The summed E-state index contributed by atoms with van der Waals surface area (Å²) < 4.78 is 5.53. The van der Waals surface area contributed by atoms with Crippen molar-refractivity contribution in [3.8, 4) is 5.75 Å². The molecule has 0 spiro atoms. The number of primary amides is 1. The molecular formula is C19H29N3O5. The molecule has 0 heterocycles. The van der Waals surface area contributed by atoms with Crippen LogP contribution in [0.25, 0.3) is 0 Å². The Kier molecular flexibility index (Phi) is 7.78. The summed E-state index contributed by atoms with van der Waals surface area (Å²) >= 11 is 0. The topological polar surface area (TPSA) is 145 Å². The maximum Gasteiger partial charge on any atom is 0.412 e. The van der Waals surface area contributed by atoms with Gasteiger partial charge in [0, 0.05) is 6.54 Å². The number of nitrogens with one attached hydrogen (secondary N) is 1.